The highest BCUT2D eigenvalue weighted by molar-refractivity contribution is 5.26. The minimum Gasteiger partial charge on any atom is -0.492 e. The van der Waals surface area contributed by atoms with Crippen molar-refractivity contribution in [2.24, 2.45) is 7.05 Å². The van der Waals surface area contributed by atoms with Gasteiger partial charge in [0.25, 0.3) is 0 Å². The van der Waals surface area contributed by atoms with E-state index in [1.165, 1.54) is 32.1 Å². The molecule has 1 aromatic carbocycles. The molecule has 0 atom stereocenters. The van der Waals surface area contributed by atoms with Crippen molar-refractivity contribution in [1.29, 1.82) is 0 Å². The largest absolute Gasteiger partial charge is 0.492 e. The lowest BCUT2D eigenvalue weighted by atomic mass is 9.89. The van der Waals surface area contributed by atoms with Crippen molar-refractivity contribution < 1.29 is 4.74 Å². The molecule has 1 aromatic heterocycles. The van der Waals surface area contributed by atoms with E-state index >= 15 is 0 Å². The van der Waals surface area contributed by atoms with Gasteiger partial charge in [-0.25, -0.2) is 0 Å². The van der Waals surface area contributed by atoms with E-state index in [9.17, 15) is 0 Å². The maximum Gasteiger partial charge on any atom is 0.224 e. The maximum absolute atomic E-state index is 5.67. The summed E-state index contributed by atoms with van der Waals surface area (Å²) in [5.74, 6) is 3.41. The van der Waals surface area contributed by atoms with E-state index in [-0.39, 0.29) is 0 Å². The third-order valence-electron chi connectivity index (χ3n) is 4.28. The Labute approximate surface area is 131 Å². The van der Waals surface area contributed by atoms with Gasteiger partial charge in [-0.15, -0.1) is 10.2 Å². The molecule has 1 saturated carbocycles. The predicted molar refractivity (Wildman–Crippen MR) is 87.3 cm³/mol. The van der Waals surface area contributed by atoms with Gasteiger partial charge in [-0.1, -0.05) is 37.5 Å². The van der Waals surface area contributed by atoms with Crippen LogP contribution in [0.4, 0.5) is 5.95 Å². The Balaban J connectivity index is 1.49. The molecule has 0 bridgehead atoms. The van der Waals surface area contributed by atoms with Gasteiger partial charge in [0, 0.05) is 13.0 Å². The normalized spacial score (nSPS) is 15.7. The third kappa shape index (κ3) is 3.59. The smallest absolute Gasteiger partial charge is 0.224 e. The van der Waals surface area contributed by atoms with E-state index in [0.29, 0.717) is 19.1 Å². The highest BCUT2D eigenvalue weighted by Gasteiger charge is 2.21. The van der Waals surface area contributed by atoms with Crippen molar-refractivity contribution in [2.45, 2.75) is 38.0 Å². The van der Waals surface area contributed by atoms with E-state index in [1.54, 1.807) is 0 Å². The van der Waals surface area contributed by atoms with E-state index in [1.807, 2.05) is 37.4 Å². The Morgan fingerprint density at radius 1 is 1.14 bits per heavy atom. The van der Waals surface area contributed by atoms with Gasteiger partial charge in [-0.3, -0.25) is 0 Å². The van der Waals surface area contributed by atoms with Crippen LogP contribution in [0.15, 0.2) is 30.3 Å². The number of hydrogen-bond acceptors (Lipinski definition) is 4. The lowest BCUT2D eigenvalue weighted by molar-refractivity contribution is 0.332. The minimum absolute atomic E-state index is 0.572. The van der Waals surface area contributed by atoms with Crippen LogP contribution in [0.1, 0.15) is 43.8 Å². The molecule has 0 saturated heterocycles. The van der Waals surface area contributed by atoms with Crippen LogP contribution in [0.25, 0.3) is 0 Å². The SMILES string of the molecule is Cn1c(NCCOc2ccccc2)nnc1C1CCCCC1. The van der Waals surface area contributed by atoms with Crippen LogP contribution in [0, 0.1) is 0 Å². The molecule has 0 aliphatic heterocycles. The van der Waals surface area contributed by atoms with Crippen LogP contribution in [0.2, 0.25) is 0 Å². The molecule has 22 heavy (non-hydrogen) atoms. The molecule has 1 heterocycles. The molecule has 5 heteroatoms. The van der Waals surface area contributed by atoms with Gasteiger partial charge in [0.1, 0.15) is 18.2 Å². The quantitative estimate of drug-likeness (QED) is 0.831. The number of nitrogens with one attached hydrogen (secondary N) is 1. The average Bonchev–Trinajstić information content (AvgIpc) is 2.94. The van der Waals surface area contributed by atoms with Crippen molar-refractivity contribution in [3.05, 3.63) is 36.2 Å². The molecule has 1 N–H and O–H groups in total. The molecule has 3 rings (SSSR count). The lowest BCUT2D eigenvalue weighted by Gasteiger charge is -2.20. The van der Waals surface area contributed by atoms with Crippen molar-refractivity contribution in [1.82, 2.24) is 14.8 Å². The standard InChI is InChI=1S/C17H24N4O/c1-21-16(14-8-4-2-5-9-14)19-20-17(21)18-12-13-22-15-10-6-3-7-11-15/h3,6-7,10-11,14H,2,4-5,8-9,12-13H2,1H3,(H,18,20). The first kappa shape index (κ1) is 14.9. The zero-order chi connectivity index (χ0) is 15.2. The van der Waals surface area contributed by atoms with Gasteiger partial charge in [-0.2, -0.15) is 0 Å². The molecule has 118 valence electrons. The third-order valence-corrected chi connectivity index (χ3v) is 4.28. The number of para-hydroxylation sites is 1. The monoisotopic (exact) mass is 300 g/mol. The summed E-state index contributed by atoms with van der Waals surface area (Å²) in [5, 5.41) is 12.0. The van der Waals surface area contributed by atoms with Crippen LogP contribution in [0.3, 0.4) is 0 Å². The topological polar surface area (TPSA) is 52.0 Å². The van der Waals surface area contributed by atoms with Gasteiger partial charge in [-0.05, 0) is 25.0 Å². The first-order valence-corrected chi connectivity index (χ1v) is 8.15. The molecule has 2 aromatic rings. The van der Waals surface area contributed by atoms with Gasteiger partial charge in [0.15, 0.2) is 0 Å². The summed E-state index contributed by atoms with van der Waals surface area (Å²) in [7, 11) is 2.05. The fourth-order valence-corrected chi connectivity index (χ4v) is 3.06. The molecule has 0 unspecified atom stereocenters. The van der Waals surface area contributed by atoms with Crippen LogP contribution < -0.4 is 10.1 Å². The van der Waals surface area contributed by atoms with Crippen LogP contribution in [0.5, 0.6) is 5.75 Å². The number of nitrogens with zero attached hydrogens (tertiary/aromatic N) is 3. The molecule has 1 aliphatic carbocycles. The molecule has 1 fully saturated rings. The molecule has 0 amide bonds. The summed E-state index contributed by atoms with van der Waals surface area (Å²) < 4.78 is 7.77. The second-order valence-electron chi connectivity index (χ2n) is 5.86. The second kappa shape index (κ2) is 7.29. The Kier molecular flexibility index (Phi) is 4.93. The Morgan fingerprint density at radius 3 is 2.68 bits per heavy atom. The van der Waals surface area contributed by atoms with Crippen molar-refractivity contribution >= 4 is 5.95 Å². The summed E-state index contributed by atoms with van der Waals surface area (Å²) in [6, 6.07) is 9.86. The first-order chi connectivity index (χ1) is 10.8. The first-order valence-electron chi connectivity index (χ1n) is 8.15. The molecule has 1 aliphatic rings. The summed E-state index contributed by atoms with van der Waals surface area (Å²) >= 11 is 0. The number of ether oxygens (including phenoxy) is 1. The van der Waals surface area contributed by atoms with Crippen molar-refractivity contribution in [3.8, 4) is 5.75 Å². The fraction of sp³-hybridized carbons (Fsp3) is 0.529. The molecule has 0 spiro atoms. The van der Waals surface area contributed by atoms with Crippen molar-refractivity contribution in [3.63, 3.8) is 0 Å². The minimum atomic E-state index is 0.572. The second-order valence-corrected chi connectivity index (χ2v) is 5.86. The van der Waals surface area contributed by atoms with Crippen molar-refractivity contribution in [2.75, 3.05) is 18.5 Å². The zero-order valence-corrected chi connectivity index (χ0v) is 13.2. The van der Waals surface area contributed by atoms with E-state index in [0.717, 1.165) is 17.5 Å². The summed E-state index contributed by atoms with van der Waals surface area (Å²) in [4.78, 5) is 0. The number of hydrogen-bond donors (Lipinski definition) is 1. The molecule has 5 nitrogen and oxygen atoms in total. The zero-order valence-electron chi connectivity index (χ0n) is 13.2. The average molecular weight is 300 g/mol. The Morgan fingerprint density at radius 2 is 1.91 bits per heavy atom. The number of rotatable bonds is 6. The molecule has 0 radical (unpaired) electrons. The number of anilines is 1. The molecular weight excluding hydrogens is 276 g/mol. The number of aromatic nitrogens is 3. The van der Waals surface area contributed by atoms with Gasteiger partial charge >= 0.3 is 0 Å². The Hall–Kier alpha value is -2.04. The predicted octanol–water partition coefficient (Wildman–Crippen LogP) is 3.35. The van der Waals surface area contributed by atoms with Gasteiger partial charge < -0.3 is 14.6 Å². The highest BCUT2D eigenvalue weighted by atomic mass is 16.5. The number of benzene rings is 1. The summed E-state index contributed by atoms with van der Waals surface area (Å²) in [6.07, 6.45) is 6.46. The van der Waals surface area contributed by atoms with Crippen LogP contribution in [-0.4, -0.2) is 27.9 Å². The lowest BCUT2D eigenvalue weighted by Crippen LogP contribution is -2.15. The summed E-state index contributed by atoms with van der Waals surface area (Å²) in [5.41, 5.74) is 0. The maximum atomic E-state index is 5.67. The molecular formula is C17H24N4O. The van der Waals surface area contributed by atoms with E-state index in [2.05, 4.69) is 20.1 Å². The van der Waals surface area contributed by atoms with Gasteiger partial charge in [0.05, 0.1) is 6.54 Å². The van der Waals surface area contributed by atoms with Gasteiger partial charge in [0.2, 0.25) is 5.95 Å². The van der Waals surface area contributed by atoms with E-state index < -0.39 is 0 Å². The summed E-state index contributed by atoms with van der Waals surface area (Å²) in [6.45, 7) is 1.32. The van der Waals surface area contributed by atoms with E-state index in [4.69, 9.17) is 4.74 Å². The fourth-order valence-electron chi connectivity index (χ4n) is 3.06. The van der Waals surface area contributed by atoms with Crippen LogP contribution >= 0.6 is 0 Å². The Bertz CT molecular complexity index is 576. The highest BCUT2D eigenvalue weighted by Crippen LogP contribution is 2.31. The van der Waals surface area contributed by atoms with Crippen LogP contribution in [-0.2, 0) is 7.05 Å².